The van der Waals surface area contributed by atoms with E-state index in [9.17, 15) is 8.42 Å². The highest BCUT2D eigenvalue weighted by molar-refractivity contribution is 7.90. The van der Waals surface area contributed by atoms with Gasteiger partial charge in [-0.1, -0.05) is 19.8 Å². The second-order valence-corrected chi connectivity index (χ2v) is 8.56. The van der Waals surface area contributed by atoms with Gasteiger partial charge in [0.15, 0.2) is 0 Å². The summed E-state index contributed by atoms with van der Waals surface area (Å²) in [5.41, 5.74) is 0.177. The Kier molecular flexibility index (Phi) is 4.34. The molecule has 0 amide bonds. The van der Waals surface area contributed by atoms with Gasteiger partial charge in [0.1, 0.15) is 0 Å². The van der Waals surface area contributed by atoms with Crippen molar-refractivity contribution in [2.24, 2.45) is 5.41 Å². The summed E-state index contributed by atoms with van der Waals surface area (Å²) in [5, 5.41) is 2.94. The summed E-state index contributed by atoms with van der Waals surface area (Å²) in [6.07, 6.45) is 7.14. The standard InChI is InChI=1S/C13H26N2O2S/c1-11(9-14-12-5-6-12)18(16,17)15-10-13(2)7-3-4-8-13/h11-12,14-15H,3-10H2,1-2H3. The number of hydrogen-bond acceptors (Lipinski definition) is 3. The van der Waals surface area contributed by atoms with E-state index in [1.54, 1.807) is 6.92 Å². The van der Waals surface area contributed by atoms with Crippen molar-refractivity contribution >= 4 is 10.0 Å². The monoisotopic (exact) mass is 274 g/mol. The summed E-state index contributed by atoms with van der Waals surface area (Å²) in [6, 6.07) is 0.565. The Morgan fingerprint density at radius 2 is 1.89 bits per heavy atom. The van der Waals surface area contributed by atoms with Gasteiger partial charge < -0.3 is 5.32 Å². The first kappa shape index (κ1) is 14.3. The molecule has 2 N–H and O–H groups in total. The summed E-state index contributed by atoms with van der Waals surface area (Å²) >= 11 is 0. The van der Waals surface area contributed by atoms with Gasteiger partial charge in [-0.15, -0.1) is 0 Å². The Labute approximate surface area is 111 Å². The van der Waals surface area contributed by atoms with Crippen molar-refractivity contribution in [2.75, 3.05) is 13.1 Å². The van der Waals surface area contributed by atoms with Crippen LogP contribution in [0.25, 0.3) is 0 Å². The fourth-order valence-electron chi connectivity index (χ4n) is 2.55. The molecule has 1 unspecified atom stereocenters. The third-order valence-corrected chi connectivity index (χ3v) is 6.08. The molecule has 5 heteroatoms. The van der Waals surface area contributed by atoms with Gasteiger partial charge in [-0.2, -0.15) is 0 Å². The summed E-state index contributed by atoms with van der Waals surface area (Å²) in [5.74, 6) is 0. The van der Waals surface area contributed by atoms with Crippen molar-refractivity contribution in [1.82, 2.24) is 10.0 Å². The van der Waals surface area contributed by atoms with Crippen LogP contribution in [0.15, 0.2) is 0 Å². The van der Waals surface area contributed by atoms with Crippen molar-refractivity contribution in [1.29, 1.82) is 0 Å². The minimum Gasteiger partial charge on any atom is -0.313 e. The molecular weight excluding hydrogens is 248 g/mol. The van der Waals surface area contributed by atoms with Gasteiger partial charge in [0.05, 0.1) is 5.25 Å². The molecule has 0 aromatic carbocycles. The molecule has 0 aromatic rings. The molecule has 2 saturated carbocycles. The molecule has 2 rings (SSSR count). The van der Waals surface area contributed by atoms with Crippen LogP contribution in [0.3, 0.4) is 0 Å². The molecule has 0 spiro atoms. The van der Waals surface area contributed by atoms with Gasteiger partial charge in [-0.3, -0.25) is 0 Å². The fourth-order valence-corrected chi connectivity index (χ4v) is 3.70. The van der Waals surface area contributed by atoms with E-state index < -0.39 is 10.0 Å². The average molecular weight is 274 g/mol. The topological polar surface area (TPSA) is 58.2 Å². The average Bonchev–Trinajstić information content (AvgIpc) is 3.06. The molecule has 1 atom stereocenters. The Morgan fingerprint density at radius 1 is 1.28 bits per heavy atom. The Balaban J connectivity index is 1.77. The molecule has 0 bridgehead atoms. The second kappa shape index (κ2) is 5.47. The van der Waals surface area contributed by atoms with Gasteiger partial charge >= 0.3 is 0 Å². The molecule has 2 fully saturated rings. The van der Waals surface area contributed by atoms with E-state index >= 15 is 0 Å². The van der Waals surface area contributed by atoms with E-state index in [4.69, 9.17) is 0 Å². The third kappa shape index (κ3) is 3.93. The van der Waals surface area contributed by atoms with Crippen LogP contribution in [0.5, 0.6) is 0 Å². The summed E-state index contributed by atoms with van der Waals surface area (Å²) in [4.78, 5) is 0. The second-order valence-electron chi connectivity index (χ2n) is 6.38. The molecule has 18 heavy (non-hydrogen) atoms. The van der Waals surface area contributed by atoms with Crippen LogP contribution in [0.4, 0.5) is 0 Å². The maximum absolute atomic E-state index is 12.1. The number of nitrogens with one attached hydrogen (secondary N) is 2. The fraction of sp³-hybridized carbons (Fsp3) is 1.00. The Bertz CT molecular complexity index is 370. The van der Waals surface area contributed by atoms with Crippen molar-refractivity contribution in [3.05, 3.63) is 0 Å². The van der Waals surface area contributed by atoms with E-state index in [1.807, 2.05) is 0 Å². The van der Waals surface area contributed by atoms with Crippen LogP contribution < -0.4 is 10.0 Å². The highest BCUT2D eigenvalue weighted by atomic mass is 32.2. The van der Waals surface area contributed by atoms with Gasteiger partial charge in [-0.05, 0) is 38.0 Å². The van der Waals surface area contributed by atoms with E-state index in [-0.39, 0.29) is 10.7 Å². The predicted octanol–water partition coefficient (Wildman–Crippen LogP) is 1.63. The Morgan fingerprint density at radius 3 is 2.44 bits per heavy atom. The van der Waals surface area contributed by atoms with Crippen LogP contribution >= 0.6 is 0 Å². The smallest absolute Gasteiger partial charge is 0.215 e. The van der Waals surface area contributed by atoms with E-state index in [2.05, 4.69) is 17.0 Å². The quantitative estimate of drug-likeness (QED) is 0.742. The largest absolute Gasteiger partial charge is 0.313 e. The van der Waals surface area contributed by atoms with Crippen LogP contribution in [-0.2, 0) is 10.0 Å². The van der Waals surface area contributed by atoms with Crippen LogP contribution in [0, 0.1) is 5.41 Å². The zero-order chi connectivity index (χ0) is 13.2. The zero-order valence-corrected chi connectivity index (χ0v) is 12.4. The van der Waals surface area contributed by atoms with Crippen LogP contribution in [0.2, 0.25) is 0 Å². The molecule has 2 aliphatic carbocycles. The maximum Gasteiger partial charge on any atom is 0.215 e. The highest BCUT2D eigenvalue weighted by Crippen LogP contribution is 2.36. The molecule has 2 aliphatic rings. The number of rotatable bonds is 7. The lowest BCUT2D eigenvalue weighted by atomic mass is 9.89. The molecule has 0 saturated heterocycles. The molecule has 0 aromatic heterocycles. The summed E-state index contributed by atoms with van der Waals surface area (Å²) in [7, 11) is -3.17. The lowest BCUT2D eigenvalue weighted by Gasteiger charge is -2.25. The van der Waals surface area contributed by atoms with E-state index in [0.717, 1.165) is 12.8 Å². The Hall–Kier alpha value is -0.130. The molecule has 0 radical (unpaired) electrons. The lowest BCUT2D eigenvalue weighted by Crippen LogP contribution is -2.42. The van der Waals surface area contributed by atoms with E-state index in [0.29, 0.717) is 19.1 Å². The van der Waals surface area contributed by atoms with Crippen molar-refractivity contribution in [3.8, 4) is 0 Å². The number of hydrogen-bond donors (Lipinski definition) is 2. The van der Waals surface area contributed by atoms with Gasteiger partial charge in [0, 0.05) is 19.1 Å². The normalized spacial score (nSPS) is 25.2. The highest BCUT2D eigenvalue weighted by Gasteiger charge is 2.31. The molecule has 106 valence electrons. The molecule has 0 heterocycles. The SMILES string of the molecule is CC(CNC1CC1)S(=O)(=O)NCC1(C)CCCC1. The van der Waals surface area contributed by atoms with Gasteiger partial charge in [0.2, 0.25) is 10.0 Å². The van der Waals surface area contributed by atoms with Gasteiger partial charge in [0.25, 0.3) is 0 Å². The third-order valence-electron chi connectivity index (χ3n) is 4.31. The van der Waals surface area contributed by atoms with Crippen molar-refractivity contribution in [2.45, 2.75) is 63.7 Å². The summed E-state index contributed by atoms with van der Waals surface area (Å²) in [6.45, 7) is 5.14. The molecule has 0 aliphatic heterocycles. The molecular formula is C13H26N2O2S. The van der Waals surface area contributed by atoms with Gasteiger partial charge in [-0.25, -0.2) is 13.1 Å². The summed E-state index contributed by atoms with van der Waals surface area (Å²) < 4.78 is 27.0. The lowest BCUT2D eigenvalue weighted by molar-refractivity contribution is 0.335. The first-order valence-corrected chi connectivity index (χ1v) is 8.68. The predicted molar refractivity (Wildman–Crippen MR) is 74.0 cm³/mol. The van der Waals surface area contributed by atoms with Crippen molar-refractivity contribution in [3.63, 3.8) is 0 Å². The number of sulfonamides is 1. The minimum atomic E-state index is -3.17. The maximum atomic E-state index is 12.1. The van der Waals surface area contributed by atoms with Crippen molar-refractivity contribution < 1.29 is 8.42 Å². The minimum absolute atomic E-state index is 0.177. The van der Waals surface area contributed by atoms with Crippen LogP contribution in [0.1, 0.15) is 52.4 Å². The molecule has 4 nitrogen and oxygen atoms in total. The zero-order valence-electron chi connectivity index (χ0n) is 11.5. The first-order valence-electron chi connectivity index (χ1n) is 7.13. The van der Waals surface area contributed by atoms with Crippen LogP contribution in [-0.4, -0.2) is 32.8 Å². The van der Waals surface area contributed by atoms with E-state index in [1.165, 1.54) is 25.7 Å². The first-order chi connectivity index (χ1) is 8.41.